The topological polar surface area (TPSA) is 145 Å². The number of ether oxygens (including phenoxy) is 2. The first kappa shape index (κ1) is 31.3. The summed E-state index contributed by atoms with van der Waals surface area (Å²) in [6.45, 7) is 12.9. The fourth-order valence-electron chi connectivity index (χ4n) is 5.83. The van der Waals surface area contributed by atoms with E-state index in [1.165, 1.54) is 0 Å². The molecule has 0 radical (unpaired) electrons. The van der Waals surface area contributed by atoms with Gasteiger partial charge in [-0.1, -0.05) is 6.92 Å². The Labute approximate surface area is 257 Å². The molecule has 0 spiro atoms. The summed E-state index contributed by atoms with van der Waals surface area (Å²) in [7, 11) is 0. The first-order valence-corrected chi connectivity index (χ1v) is 15.3. The van der Waals surface area contributed by atoms with Crippen LogP contribution in [0.3, 0.4) is 0 Å². The molecule has 5 rings (SSSR count). The molecule has 3 N–H and O–H groups in total. The van der Waals surface area contributed by atoms with E-state index in [2.05, 4.69) is 32.8 Å². The number of amides is 3. The van der Waals surface area contributed by atoms with E-state index < -0.39 is 29.3 Å². The van der Waals surface area contributed by atoms with E-state index in [0.29, 0.717) is 35.0 Å². The van der Waals surface area contributed by atoms with Gasteiger partial charge in [0.15, 0.2) is 5.58 Å². The quantitative estimate of drug-likeness (QED) is 0.262. The number of hydrogen-bond acceptors (Lipinski definition) is 8. The van der Waals surface area contributed by atoms with E-state index in [0.717, 1.165) is 36.8 Å². The van der Waals surface area contributed by atoms with Crippen molar-refractivity contribution in [1.29, 1.82) is 0 Å². The molecule has 3 atom stereocenters. The number of carbonyl (C=O) groups excluding carboxylic acids is 3. The van der Waals surface area contributed by atoms with E-state index in [-0.39, 0.29) is 23.4 Å². The van der Waals surface area contributed by atoms with Crippen LogP contribution in [0.4, 0.5) is 21.2 Å². The zero-order chi connectivity index (χ0) is 31.8. The Morgan fingerprint density at radius 3 is 2.30 bits per heavy atom. The predicted molar refractivity (Wildman–Crippen MR) is 167 cm³/mol. The van der Waals surface area contributed by atoms with Gasteiger partial charge in [-0.05, 0) is 115 Å². The maximum atomic E-state index is 13.9. The molecular formula is C33H43N5O6. The Balaban J connectivity index is 1.41. The molecule has 11 nitrogen and oxygen atoms in total. The second kappa shape index (κ2) is 12.1. The lowest BCUT2D eigenvalue weighted by atomic mass is 9.76. The van der Waals surface area contributed by atoms with Crippen molar-refractivity contribution in [1.82, 2.24) is 15.3 Å². The highest BCUT2D eigenvalue weighted by Crippen LogP contribution is 2.42. The summed E-state index contributed by atoms with van der Waals surface area (Å²) in [6.07, 6.45) is 8.46. The van der Waals surface area contributed by atoms with Crippen LogP contribution in [0.1, 0.15) is 114 Å². The van der Waals surface area contributed by atoms with E-state index in [1.807, 2.05) is 32.9 Å². The van der Waals surface area contributed by atoms with Gasteiger partial charge >= 0.3 is 12.2 Å². The lowest BCUT2D eigenvalue weighted by Gasteiger charge is -2.35. The van der Waals surface area contributed by atoms with Crippen molar-refractivity contribution in [3.63, 3.8) is 0 Å². The number of rotatable bonds is 6. The normalized spacial score (nSPS) is 20.6. The van der Waals surface area contributed by atoms with Gasteiger partial charge in [-0.15, -0.1) is 0 Å². The SMILES string of the molecule is C[C@H]1CC(c2ccncc2NC(=O)c2c(NC(=O)OC(C)(C)C)oc3cc(C4CC4)cnc23)C[C@@H](NC(=O)OC(C)(C)C)C1. The Bertz CT molecular complexity index is 1550. The third kappa shape index (κ3) is 7.86. The average Bonchev–Trinajstić information content (AvgIpc) is 3.67. The monoisotopic (exact) mass is 605 g/mol. The molecule has 3 heterocycles. The number of hydrogen-bond donors (Lipinski definition) is 3. The average molecular weight is 606 g/mol. The van der Waals surface area contributed by atoms with Gasteiger partial charge in [-0.3, -0.25) is 20.1 Å². The molecule has 0 aliphatic heterocycles. The molecule has 0 aromatic carbocycles. The summed E-state index contributed by atoms with van der Waals surface area (Å²) in [6, 6.07) is 3.70. The Morgan fingerprint density at radius 1 is 0.909 bits per heavy atom. The lowest BCUT2D eigenvalue weighted by Crippen LogP contribution is -2.42. The highest BCUT2D eigenvalue weighted by Gasteiger charge is 2.33. The van der Waals surface area contributed by atoms with Crippen molar-refractivity contribution < 1.29 is 28.3 Å². The molecule has 2 fully saturated rings. The largest absolute Gasteiger partial charge is 0.444 e. The van der Waals surface area contributed by atoms with Gasteiger partial charge in [-0.2, -0.15) is 0 Å². The molecule has 2 aliphatic rings. The third-order valence-corrected chi connectivity index (χ3v) is 7.65. The minimum Gasteiger partial charge on any atom is -0.444 e. The Hall–Kier alpha value is -4.15. The number of anilines is 2. The standard InChI is InChI=1S/C33H43N5O6/c1-18-12-20(14-22(13-18)36-30(40)43-32(2,3)4)23-10-11-34-17-24(23)37-28(39)26-27-25(15-21(16-35-27)19-8-9-19)42-29(26)38-31(41)44-33(5,6)7/h10-11,15-20,22H,8-9,12-14H2,1-7H3,(H,36,40)(H,37,39)(H,38,41)/t18-,20?,22-/m0/s1. The van der Waals surface area contributed by atoms with Crippen molar-refractivity contribution in [3.8, 4) is 0 Å². The number of aromatic nitrogens is 2. The third-order valence-electron chi connectivity index (χ3n) is 7.65. The predicted octanol–water partition coefficient (Wildman–Crippen LogP) is 7.50. The van der Waals surface area contributed by atoms with Crippen LogP contribution < -0.4 is 16.0 Å². The molecule has 236 valence electrons. The van der Waals surface area contributed by atoms with Crippen LogP contribution in [-0.2, 0) is 9.47 Å². The maximum Gasteiger partial charge on any atom is 0.414 e. The molecule has 0 bridgehead atoms. The van der Waals surface area contributed by atoms with Crippen molar-refractivity contribution in [2.45, 2.75) is 110 Å². The van der Waals surface area contributed by atoms with Crippen LogP contribution in [0.15, 0.2) is 35.1 Å². The number of nitrogens with zero attached hydrogens (tertiary/aromatic N) is 2. The first-order valence-electron chi connectivity index (χ1n) is 15.3. The first-order chi connectivity index (χ1) is 20.6. The zero-order valence-electron chi connectivity index (χ0n) is 26.6. The molecule has 11 heteroatoms. The lowest BCUT2D eigenvalue weighted by molar-refractivity contribution is 0.0481. The number of alkyl carbamates (subject to hydrolysis) is 1. The highest BCUT2D eigenvalue weighted by atomic mass is 16.6. The number of nitrogens with one attached hydrogen (secondary N) is 3. The van der Waals surface area contributed by atoms with Crippen LogP contribution in [0.25, 0.3) is 11.1 Å². The van der Waals surface area contributed by atoms with Gasteiger partial charge in [0.05, 0.1) is 11.9 Å². The summed E-state index contributed by atoms with van der Waals surface area (Å²) >= 11 is 0. The maximum absolute atomic E-state index is 13.9. The summed E-state index contributed by atoms with van der Waals surface area (Å²) in [5.74, 6) is 0.281. The van der Waals surface area contributed by atoms with Gasteiger partial charge in [0.1, 0.15) is 22.3 Å². The van der Waals surface area contributed by atoms with Crippen LogP contribution in [-0.4, -0.2) is 45.3 Å². The van der Waals surface area contributed by atoms with Crippen molar-refractivity contribution in [2.24, 2.45) is 5.92 Å². The summed E-state index contributed by atoms with van der Waals surface area (Å²) in [5.41, 5.74) is 2.02. The molecule has 2 aliphatic carbocycles. The second-order valence-corrected chi connectivity index (χ2v) is 14.1. The van der Waals surface area contributed by atoms with E-state index in [9.17, 15) is 14.4 Å². The molecule has 0 saturated heterocycles. The molecule has 3 aromatic rings. The molecular weight excluding hydrogens is 562 g/mol. The minimum atomic E-state index is -0.742. The fraction of sp³-hybridized carbons (Fsp3) is 0.545. The van der Waals surface area contributed by atoms with Crippen LogP contribution in [0.2, 0.25) is 0 Å². The van der Waals surface area contributed by atoms with Crippen molar-refractivity contribution >= 4 is 40.8 Å². The zero-order valence-corrected chi connectivity index (χ0v) is 26.6. The van der Waals surface area contributed by atoms with Gasteiger partial charge in [-0.25, -0.2) is 9.59 Å². The molecule has 3 amide bonds. The molecule has 3 aromatic heterocycles. The van der Waals surface area contributed by atoms with E-state index in [1.54, 1.807) is 39.4 Å². The number of fused-ring (bicyclic) bond motifs is 1. The van der Waals surface area contributed by atoms with Gasteiger partial charge < -0.3 is 24.5 Å². The Morgan fingerprint density at radius 2 is 1.61 bits per heavy atom. The fourth-order valence-corrected chi connectivity index (χ4v) is 5.83. The van der Waals surface area contributed by atoms with Crippen LogP contribution in [0, 0.1) is 5.92 Å². The van der Waals surface area contributed by atoms with Gasteiger partial charge in [0.25, 0.3) is 5.91 Å². The Kier molecular flexibility index (Phi) is 8.59. The van der Waals surface area contributed by atoms with Crippen LogP contribution in [0.5, 0.6) is 0 Å². The highest BCUT2D eigenvalue weighted by molar-refractivity contribution is 6.16. The van der Waals surface area contributed by atoms with Crippen LogP contribution >= 0.6 is 0 Å². The van der Waals surface area contributed by atoms with E-state index in [4.69, 9.17) is 13.9 Å². The second-order valence-electron chi connectivity index (χ2n) is 14.1. The summed E-state index contributed by atoms with van der Waals surface area (Å²) in [4.78, 5) is 48.0. The summed E-state index contributed by atoms with van der Waals surface area (Å²) in [5, 5.41) is 8.65. The van der Waals surface area contributed by atoms with E-state index >= 15 is 0 Å². The molecule has 44 heavy (non-hydrogen) atoms. The smallest absolute Gasteiger partial charge is 0.414 e. The van der Waals surface area contributed by atoms with Gasteiger partial charge in [0, 0.05) is 18.4 Å². The number of furan rings is 1. The molecule has 1 unspecified atom stereocenters. The number of pyridine rings is 2. The van der Waals surface area contributed by atoms with Gasteiger partial charge in [0.2, 0.25) is 5.88 Å². The molecule has 2 saturated carbocycles. The number of carbonyl (C=O) groups is 3. The van der Waals surface area contributed by atoms with Crippen molar-refractivity contribution in [3.05, 3.63) is 47.4 Å². The van der Waals surface area contributed by atoms with Crippen molar-refractivity contribution in [2.75, 3.05) is 10.6 Å². The summed E-state index contributed by atoms with van der Waals surface area (Å²) < 4.78 is 16.9. The minimum absolute atomic E-state index is 0.0365.